The van der Waals surface area contributed by atoms with Crippen molar-refractivity contribution in [2.45, 2.75) is 32.4 Å². The van der Waals surface area contributed by atoms with Crippen LogP contribution in [-0.4, -0.2) is 77.4 Å². The molecule has 4 aromatic heterocycles. The molecule has 0 aliphatic rings. The van der Waals surface area contributed by atoms with Crippen molar-refractivity contribution in [2.75, 3.05) is 50.0 Å². The predicted octanol–water partition coefficient (Wildman–Crippen LogP) is 5.90. The number of nitrogens with one attached hydrogen (secondary N) is 2. The number of halogens is 1. The van der Waals surface area contributed by atoms with Gasteiger partial charge >= 0.3 is 0 Å². The molecule has 0 aliphatic carbocycles. The number of hydrogen-bond donors (Lipinski definition) is 2. The second kappa shape index (κ2) is 15.1. The predicted molar refractivity (Wildman–Crippen MR) is 181 cm³/mol. The van der Waals surface area contributed by atoms with Gasteiger partial charge in [0.05, 0.1) is 24.3 Å². The lowest BCUT2D eigenvalue weighted by molar-refractivity contribution is 0.0803. The molecule has 0 amide bonds. The quantitative estimate of drug-likeness (QED) is 0.0654. The molecule has 0 unspecified atom stereocenters. The van der Waals surface area contributed by atoms with Crippen molar-refractivity contribution in [1.82, 2.24) is 29.9 Å². The first-order valence-electron chi connectivity index (χ1n) is 14.7. The van der Waals surface area contributed by atoms with Crippen molar-refractivity contribution in [3.63, 3.8) is 0 Å². The van der Waals surface area contributed by atoms with Crippen molar-refractivity contribution < 1.29 is 14.2 Å². The average molecular weight is 645 g/mol. The Bertz CT molecular complexity index is 1820. The number of pyridine rings is 3. The van der Waals surface area contributed by atoms with Crippen LogP contribution in [0.1, 0.15) is 11.1 Å². The summed E-state index contributed by atoms with van der Waals surface area (Å²) in [6.45, 7) is 9.41. The van der Waals surface area contributed by atoms with Crippen LogP contribution in [0.15, 0.2) is 54.9 Å². The largest absolute Gasteiger partial charge is 0.475 e. The molecule has 0 saturated carbocycles. The van der Waals surface area contributed by atoms with Crippen LogP contribution in [-0.2, 0) is 16.2 Å². The van der Waals surface area contributed by atoms with Crippen LogP contribution in [0.3, 0.4) is 0 Å². The van der Waals surface area contributed by atoms with E-state index in [1.165, 1.54) is 0 Å². The summed E-state index contributed by atoms with van der Waals surface area (Å²) in [5.74, 6) is 9.41. The minimum absolute atomic E-state index is 0.377. The van der Waals surface area contributed by atoms with E-state index in [1.54, 1.807) is 23.1 Å². The van der Waals surface area contributed by atoms with E-state index in [4.69, 9.17) is 25.8 Å². The van der Waals surface area contributed by atoms with E-state index in [0.29, 0.717) is 55.8 Å². The number of hydrogen-bond acceptors (Lipinski definition) is 10. The number of aromatic nitrogens is 6. The Morgan fingerprint density at radius 3 is 2.62 bits per heavy atom. The third-order valence-electron chi connectivity index (χ3n) is 6.75. The maximum Gasteiger partial charge on any atom is 0.215 e. The van der Waals surface area contributed by atoms with Gasteiger partial charge in [0.2, 0.25) is 5.88 Å². The van der Waals surface area contributed by atoms with Gasteiger partial charge in [-0.25, -0.2) is 14.6 Å². The highest BCUT2D eigenvalue weighted by Crippen LogP contribution is 2.27. The first kappa shape index (κ1) is 32.1. The number of fused-ring (bicyclic) bond motifs is 2. The molecule has 0 atom stereocenters. The standard InChI is InChI=1S/C32H37ClN8O3Si/c1-34-32-26-21-35-30(37-29-6-5-7-31(38-29)44-15-14-42-13-12-33)19-25(26)24(20-36-32)10-8-23-9-11-28-27(18-23)39-40-41(28)22-43-16-17-45(2,3)4/h5-7,9,11,18-21H,12-17,22H2,1-4H3,(H,34,36)(H,35,37,38). The molecule has 0 radical (unpaired) electrons. The van der Waals surface area contributed by atoms with Crippen LogP contribution in [0.2, 0.25) is 25.7 Å². The fourth-order valence-electron chi connectivity index (χ4n) is 4.37. The van der Waals surface area contributed by atoms with E-state index in [2.05, 4.69) is 67.4 Å². The van der Waals surface area contributed by atoms with Crippen molar-refractivity contribution >= 4 is 58.9 Å². The van der Waals surface area contributed by atoms with E-state index >= 15 is 0 Å². The molecule has 11 nitrogen and oxygen atoms in total. The van der Waals surface area contributed by atoms with E-state index in [0.717, 1.165) is 45.6 Å². The molecule has 0 bridgehead atoms. The Hall–Kier alpha value is -4.28. The fourth-order valence-corrected chi connectivity index (χ4v) is 5.24. The molecule has 234 valence electrons. The van der Waals surface area contributed by atoms with Crippen LogP contribution < -0.4 is 15.4 Å². The summed E-state index contributed by atoms with van der Waals surface area (Å²) in [6, 6.07) is 14.4. The summed E-state index contributed by atoms with van der Waals surface area (Å²) >= 11 is 5.63. The van der Waals surface area contributed by atoms with Gasteiger partial charge in [0.15, 0.2) is 0 Å². The molecule has 45 heavy (non-hydrogen) atoms. The third-order valence-corrected chi connectivity index (χ3v) is 8.61. The highest BCUT2D eigenvalue weighted by atomic mass is 35.5. The zero-order chi connectivity index (χ0) is 31.6. The SMILES string of the molecule is CNc1ncc(C#Cc2ccc3c(c2)nnn3COCC[Si](C)(C)C)c2cc(Nc3cccc(OCCOCCCl)n3)ncc12. The van der Waals surface area contributed by atoms with Gasteiger partial charge in [0, 0.05) is 62.4 Å². The van der Waals surface area contributed by atoms with Crippen LogP contribution in [0.5, 0.6) is 5.88 Å². The average Bonchev–Trinajstić information content (AvgIpc) is 3.43. The zero-order valence-electron chi connectivity index (χ0n) is 25.9. The molecule has 5 aromatic rings. The van der Waals surface area contributed by atoms with Crippen LogP contribution in [0, 0.1) is 11.8 Å². The van der Waals surface area contributed by atoms with Crippen LogP contribution >= 0.6 is 11.6 Å². The molecule has 0 aliphatic heterocycles. The Morgan fingerprint density at radius 1 is 0.911 bits per heavy atom. The molecule has 0 spiro atoms. The maximum absolute atomic E-state index is 5.86. The number of nitrogens with zero attached hydrogens (tertiary/aromatic N) is 6. The van der Waals surface area contributed by atoms with E-state index < -0.39 is 8.07 Å². The van der Waals surface area contributed by atoms with Crippen LogP contribution in [0.25, 0.3) is 21.8 Å². The highest BCUT2D eigenvalue weighted by molar-refractivity contribution is 6.76. The lowest BCUT2D eigenvalue weighted by atomic mass is 10.1. The molecular weight excluding hydrogens is 608 g/mol. The Balaban J connectivity index is 1.33. The Kier molecular flexibility index (Phi) is 10.8. The van der Waals surface area contributed by atoms with Crippen molar-refractivity contribution in [1.29, 1.82) is 0 Å². The minimum Gasteiger partial charge on any atom is -0.475 e. The summed E-state index contributed by atoms with van der Waals surface area (Å²) in [5.41, 5.74) is 3.25. The normalized spacial score (nSPS) is 11.4. The first-order valence-corrected chi connectivity index (χ1v) is 19.0. The second-order valence-corrected chi connectivity index (χ2v) is 17.4. The second-order valence-electron chi connectivity index (χ2n) is 11.4. The number of ether oxygens (including phenoxy) is 3. The first-order chi connectivity index (χ1) is 21.8. The van der Waals surface area contributed by atoms with Gasteiger partial charge in [0.25, 0.3) is 0 Å². The van der Waals surface area contributed by atoms with E-state index in [1.807, 2.05) is 43.4 Å². The number of rotatable bonds is 14. The van der Waals surface area contributed by atoms with Gasteiger partial charge in [-0.2, -0.15) is 4.98 Å². The number of alkyl halides is 1. The topological polar surface area (TPSA) is 121 Å². The Labute approximate surface area is 268 Å². The lowest BCUT2D eigenvalue weighted by Crippen LogP contribution is -2.22. The van der Waals surface area contributed by atoms with Crippen molar-refractivity contribution in [3.05, 3.63) is 66.0 Å². The molecule has 1 aromatic carbocycles. The van der Waals surface area contributed by atoms with E-state index in [9.17, 15) is 0 Å². The molecule has 13 heteroatoms. The fraction of sp³-hybridized carbons (Fsp3) is 0.344. The molecule has 0 fully saturated rings. The molecule has 2 N–H and O–H groups in total. The molecule has 5 rings (SSSR count). The van der Waals surface area contributed by atoms with E-state index in [-0.39, 0.29) is 0 Å². The minimum atomic E-state index is -1.15. The third kappa shape index (κ3) is 8.89. The summed E-state index contributed by atoms with van der Waals surface area (Å²) in [4.78, 5) is 13.7. The van der Waals surface area contributed by atoms with Gasteiger partial charge in [-0.3, -0.25) is 0 Å². The molecule has 0 saturated heterocycles. The summed E-state index contributed by atoms with van der Waals surface area (Å²) in [7, 11) is 0.683. The van der Waals surface area contributed by atoms with Gasteiger partial charge in [0.1, 0.15) is 36.3 Å². The monoisotopic (exact) mass is 644 g/mol. The van der Waals surface area contributed by atoms with Crippen molar-refractivity contribution in [2.24, 2.45) is 0 Å². The van der Waals surface area contributed by atoms with Gasteiger partial charge in [-0.05, 0) is 36.4 Å². The zero-order valence-corrected chi connectivity index (χ0v) is 27.7. The molecule has 4 heterocycles. The van der Waals surface area contributed by atoms with Gasteiger partial charge in [-0.1, -0.05) is 42.8 Å². The van der Waals surface area contributed by atoms with Gasteiger partial charge < -0.3 is 24.8 Å². The maximum atomic E-state index is 5.86. The lowest BCUT2D eigenvalue weighted by Gasteiger charge is -2.15. The smallest absolute Gasteiger partial charge is 0.215 e. The number of benzene rings is 1. The van der Waals surface area contributed by atoms with Crippen LogP contribution in [0.4, 0.5) is 17.5 Å². The van der Waals surface area contributed by atoms with Gasteiger partial charge in [-0.15, -0.1) is 16.7 Å². The summed E-state index contributed by atoms with van der Waals surface area (Å²) < 4.78 is 18.7. The summed E-state index contributed by atoms with van der Waals surface area (Å²) in [6.07, 6.45) is 3.53. The highest BCUT2D eigenvalue weighted by Gasteiger charge is 2.13. The summed E-state index contributed by atoms with van der Waals surface area (Å²) in [5, 5.41) is 16.8. The Morgan fingerprint density at radius 2 is 1.80 bits per heavy atom. The van der Waals surface area contributed by atoms with Crippen molar-refractivity contribution in [3.8, 4) is 17.7 Å². The molecular formula is C32H37ClN8O3Si. The number of anilines is 3.